The molecule has 0 atom stereocenters. The van der Waals surface area contributed by atoms with Crippen LogP contribution in [0.5, 0.6) is 0 Å². The third kappa shape index (κ3) is 3.01. The van der Waals surface area contributed by atoms with Crippen LogP contribution >= 0.6 is 11.6 Å². The number of carboxylic acid groups (broad SMARTS) is 1. The van der Waals surface area contributed by atoms with Crippen LogP contribution in [0, 0.1) is 5.82 Å². The van der Waals surface area contributed by atoms with Crippen molar-refractivity contribution < 1.29 is 18.7 Å². The fourth-order valence-corrected chi connectivity index (χ4v) is 2.26. The molecule has 0 bridgehead atoms. The van der Waals surface area contributed by atoms with E-state index in [9.17, 15) is 14.3 Å². The summed E-state index contributed by atoms with van der Waals surface area (Å²) in [5.74, 6) is -1.59. The Balaban J connectivity index is 1.86. The van der Waals surface area contributed by atoms with Crippen molar-refractivity contribution in [3.8, 4) is 0 Å². The molecule has 7 heteroatoms. The van der Waals surface area contributed by atoms with E-state index < -0.39 is 11.8 Å². The molecule has 0 saturated heterocycles. The molecule has 0 aliphatic rings. The van der Waals surface area contributed by atoms with Crippen LogP contribution in [0.25, 0.3) is 11.1 Å². The van der Waals surface area contributed by atoms with Gasteiger partial charge in [-0.3, -0.25) is 0 Å². The largest absolute Gasteiger partial charge is 0.550 e. The molecule has 0 spiro atoms. The lowest BCUT2D eigenvalue weighted by Crippen LogP contribution is -2.24. The Labute approximate surface area is 129 Å². The van der Waals surface area contributed by atoms with Crippen molar-refractivity contribution in [3.05, 3.63) is 52.8 Å². The molecule has 112 valence electrons. The molecule has 0 aliphatic heterocycles. The fourth-order valence-electron chi connectivity index (χ4n) is 2.01. The van der Waals surface area contributed by atoms with Gasteiger partial charge in [0, 0.05) is 18.5 Å². The quantitative estimate of drug-likeness (QED) is 0.800. The number of fused-ring (bicyclic) bond motifs is 1. The lowest BCUT2D eigenvalue weighted by molar-refractivity contribution is -0.304. The Morgan fingerprint density at radius 1 is 1.32 bits per heavy atom. The first-order valence-electron chi connectivity index (χ1n) is 6.32. The normalized spacial score (nSPS) is 10.8. The van der Waals surface area contributed by atoms with Crippen molar-refractivity contribution in [1.29, 1.82) is 0 Å². The summed E-state index contributed by atoms with van der Waals surface area (Å²) >= 11 is 6.08. The summed E-state index contributed by atoms with van der Waals surface area (Å²) in [5.41, 5.74) is 1.84. The van der Waals surface area contributed by atoms with Gasteiger partial charge in [-0.05, 0) is 29.8 Å². The number of hydrogen-bond donors (Lipinski definition) is 1. The van der Waals surface area contributed by atoms with E-state index in [1.165, 1.54) is 24.3 Å². The highest BCUT2D eigenvalue weighted by molar-refractivity contribution is 6.33. The number of oxazole rings is 1. The number of rotatable bonds is 4. The third-order valence-corrected chi connectivity index (χ3v) is 3.29. The molecule has 3 rings (SSSR count). The number of carboxylic acids is 1. The van der Waals surface area contributed by atoms with Crippen molar-refractivity contribution in [2.45, 2.75) is 6.42 Å². The highest BCUT2D eigenvalue weighted by Gasteiger charge is 2.09. The summed E-state index contributed by atoms with van der Waals surface area (Å²) in [5, 5.41) is 13.7. The molecule has 0 unspecified atom stereocenters. The predicted octanol–water partition coefficient (Wildman–Crippen LogP) is 2.66. The van der Waals surface area contributed by atoms with Crippen molar-refractivity contribution in [2.24, 2.45) is 0 Å². The number of anilines is 2. The van der Waals surface area contributed by atoms with Crippen LogP contribution in [-0.2, 0) is 11.2 Å². The molecule has 1 heterocycles. The SMILES string of the molecule is O=C([O-])Cc1ccc(Nc2nc3cc(F)ccc3o2)c(Cl)c1. The van der Waals surface area contributed by atoms with Gasteiger partial charge in [0.15, 0.2) is 5.58 Å². The number of aliphatic carboxylic acids is 1. The van der Waals surface area contributed by atoms with Crippen LogP contribution in [-0.4, -0.2) is 11.0 Å². The average molecular weight is 320 g/mol. The van der Waals surface area contributed by atoms with E-state index in [0.717, 1.165) is 0 Å². The van der Waals surface area contributed by atoms with Crippen LogP contribution in [0.3, 0.4) is 0 Å². The van der Waals surface area contributed by atoms with Gasteiger partial charge >= 0.3 is 0 Å². The molecule has 0 fully saturated rings. The van der Waals surface area contributed by atoms with Gasteiger partial charge in [0.25, 0.3) is 6.01 Å². The van der Waals surface area contributed by atoms with Crippen molar-refractivity contribution >= 4 is 40.4 Å². The summed E-state index contributed by atoms with van der Waals surface area (Å²) in [6, 6.07) is 8.90. The molecule has 5 nitrogen and oxygen atoms in total. The number of carbonyl (C=O) groups excluding carboxylic acids is 1. The molecular formula is C15H9ClFN2O3-. The van der Waals surface area contributed by atoms with Crippen molar-refractivity contribution in [3.63, 3.8) is 0 Å². The summed E-state index contributed by atoms with van der Waals surface area (Å²) in [4.78, 5) is 14.7. The maximum absolute atomic E-state index is 13.1. The van der Waals surface area contributed by atoms with E-state index >= 15 is 0 Å². The number of hydrogen-bond acceptors (Lipinski definition) is 5. The Morgan fingerprint density at radius 3 is 2.86 bits per heavy atom. The summed E-state index contributed by atoms with van der Waals surface area (Å²) in [6.07, 6.45) is -0.220. The van der Waals surface area contributed by atoms with Gasteiger partial charge in [0.1, 0.15) is 11.3 Å². The van der Waals surface area contributed by atoms with Crippen LogP contribution in [0.2, 0.25) is 5.02 Å². The van der Waals surface area contributed by atoms with E-state index in [2.05, 4.69) is 10.3 Å². The zero-order chi connectivity index (χ0) is 15.7. The number of nitrogens with one attached hydrogen (secondary N) is 1. The molecule has 0 aliphatic carbocycles. The molecule has 0 saturated carbocycles. The molecular weight excluding hydrogens is 311 g/mol. The van der Waals surface area contributed by atoms with Crippen LogP contribution in [0.4, 0.5) is 16.1 Å². The standard InChI is InChI=1S/C15H10ClFN2O3/c16-10-5-8(6-14(20)21)1-3-11(10)18-15-19-12-7-9(17)2-4-13(12)22-15/h1-5,7H,6H2,(H,18,19)(H,20,21)/p-1. The lowest BCUT2D eigenvalue weighted by Gasteiger charge is -2.07. The predicted molar refractivity (Wildman–Crippen MR) is 77.4 cm³/mol. The average Bonchev–Trinajstić information content (AvgIpc) is 2.82. The van der Waals surface area contributed by atoms with E-state index in [1.807, 2.05) is 0 Å². The van der Waals surface area contributed by atoms with Gasteiger partial charge in [0.2, 0.25) is 0 Å². The second-order valence-electron chi connectivity index (χ2n) is 4.62. The minimum atomic E-state index is -1.18. The third-order valence-electron chi connectivity index (χ3n) is 2.97. The van der Waals surface area contributed by atoms with Gasteiger partial charge in [0.05, 0.1) is 10.7 Å². The van der Waals surface area contributed by atoms with Crippen LogP contribution in [0.1, 0.15) is 5.56 Å². The summed E-state index contributed by atoms with van der Waals surface area (Å²) in [7, 11) is 0. The number of aromatic nitrogens is 1. The Hall–Kier alpha value is -2.60. The lowest BCUT2D eigenvalue weighted by atomic mass is 10.1. The van der Waals surface area contributed by atoms with Gasteiger partial charge in [-0.15, -0.1) is 0 Å². The van der Waals surface area contributed by atoms with E-state index in [0.29, 0.717) is 27.4 Å². The molecule has 2 aromatic carbocycles. The minimum absolute atomic E-state index is 0.162. The van der Waals surface area contributed by atoms with Crippen molar-refractivity contribution in [2.75, 3.05) is 5.32 Å². The molecule has 3 aromatic rings. The van der Waals surface area contributed by atoms with Crippen molar-refractivity contribution in [1.82, 2.24) is 4.98 Å². The Kier molecular flexibility index (Phi) is 3.68. The molecule has 1 aromatic heterocycles. The first kappa shape index (κ1) is 14.3. The van der Waals surface area contributed by atoms with Crippen LogP contribution in [0.15, 0.2) is 40.8 Å². The monoisotopic (exact) mass is 319 g/mol. The minimum Gasteiger partial charge on any atom is -0.550 e. The highest BCUT2D eigenvalue weighted by atomic mass is 35.5. The van der Waals surface area contributed by atoms with E-state index in [-0.39, 0.29) is 12.4 Å². The van der Waals surface area contributed by atoms with Gasteiger partial charge in [-0.2, -0.15) is 4.98 Å². The zero-order valence-corrected chi connectivity index (χ0v) is 11.9. The number of carbonyl (C=O) groups is 1. The molecule has 22 heavy (non-hydrogen) atoms. The molecule has 1 N–H and O–H groups in total. The van der Waals surface area contributed by atoms with Gasteiger partial charge in [-0.25, -0.2) is 4.39 Å². The Morgan fingerprint density at radius 2 is 2.14 bits per heavy atom. The summed E-state index contributed by atoms with van der Waals surface area (Å²) < 4.78 is 18.5. The second-order valence-corrected chi connectivity index (χ2v) is 5.03. The van der Waals surface area contributed by atoms with Gasteiger partial charge in [-0.1, -0.05) is 17.7 Å². The second kappa shape index (κ2) is 5.65. The fraction of sp³-hybridized carbons (Fsp3) is 0.0667. The molecule has 0 amide bonds. The Bertz CT molecular complexity index is 863. The van der Waals surface area contributed by atoms with E-state index in [1.54, 1.807) is 12.1 Å². The van der Waals surface area contributed by atoms with Gasteiger partial charge < -0.3 is 19.6 Å². The smallest absolute Gasteiger partial charge is 0.300 e. The highest BCUT2D eigenvalue weighted by Crippen LogP contribution is 2.28. The zero-order valence-electron chi connectivity index (χ0n) is 11.1. The maximum Gasteiger partial charge on any atom is 0.300 e. The topological polar surface area (TPSA) is 78.2 Å². The number of halogens is 2. The first-order valence-corrected chi connectivity index (χ1v) is 6.70. The van der Waals surface area contributed by atoms with E-state index in [4.69, 9.17) is 16.0 Å². The summed E-state index contributed by atoms with van der Waals surface area (Å²) in [6.45, 7) is 0. The number of benzene rings is 2. The molecule has 0 radical (unpaired) electrons. The first-order chi connectivity index (χ1) is 10.5. The van der Waals surface area contributed by atoms with Crippen LogP contribution < -0.4 is 10.4 Å². The maximum atomic E-state index is 13.1. The number of nitrogens with zero attached hydrogens (tertiary/aromatic N) is 1.